The quantitative estimate of drug-likeness (QED) is 0.657. The maximum Gasteiger partial charge on any atom is 0.170 e. The summed E-state index contributed by atoms with van der Waals surface area (Å²) in [4.78, 5) is 17.1. The van der Waals surface area contributed by atoms with E-state index < -0.39 is 0 Å². The molecule has 3 aromatic rings. The Kier molecular flexibility index (Phi) is 3.53. The lowest BCUT2D eigenvalue weighted by Gasteiger charge is -2.11. The first-order valence-electron chi connectivity index (χ1n) is 7.12. The molecule has 21 heavy (non-hydrogen) atoms. The van der Waals surface area contributed by atoms with Crippen molar-refractivity contribution in [1.29, 1.82) is 0 Å². The number of carbonyl (C=O) groups is 1. The van der Waals surface area contributed by atoms with Crippen LogP contribution >= 0.6 is 0 Å². The minimum atomic E-state index is -0.137. The molecule has 0 aliphatic rings. The van der Waals surface area contributed by atoms with Gasteiger partial charge in [-0.25, -0.2) is 0 Å². The SMILES string of the molecule is Cc1ccc2cc(C(=O)C(C)c3ccccc3)ccc2n1. The number of aromatic nitrogens is 1. The molecule has 3 rings (SSSR count). The number of carbonyl (C=O) groups excluding carboxylic acids is 1. The standard InChI is InChI=1S/C19H17NO/c1-13-8-9-16-12-17(10-11-18(16)20-13)19(21)14(2)15-6-4-3-5-7-15/h3-12,14H,1-2H3. The summed E-state index contributed by atoms with van der Waals surface area (Å²) in [5, 5.41) is 1.01. The number of ketones is 1. The normalized spacial score (nSPS) is 12.3. The summed E-state index contributed by atoms with van der Waals surface area (Å²) in [5.74, 6) is 0.00531. The van der Waals surface area contributed by atoms with Gasteiger partial charge in [0.1, 0.15) is 0 Å². The van der Waals surface area contributed by atoms with Gasteiger partial charge in [0.25, 0.3) is 0 Å². The average molecular weight is 275 g/mol. The number of Topliss-reactive ketones (excluding diaryl/α,β-unsaturated/α-hetero) is 1. The van der Waals surface area contributed by atoms with Crippen molar-refractivity contribution in [2.75, 3.05) is 0 Å². The Morgan fingerprint density at radius 1 is 1.00 bits per heavy atom. The summed E-state index contributed by atoms with van der Waals surface area (Å²) in [6.07, 6.45) is 0. The van der Waals surface area contributed by atoms with E-state index >= 15 is 0 Å². The first-order valence-corrected chi connectivity index (χ1v) is 7.12. The van der Waals surface area contributed by atoms with Crippen molar-refractivity contribution in [3.05, 3.63) is 77.5 Å². The van der Waals surface area contributed by atoms with Gasteiger partial charge in [0.2, 0.25) is 0 Å². The van der Waals surface area contributed by atoms with Crippen LogP contribution in [0, 0.1) is 6.92 Å². The van der Waals surface area contributed by atoms with Gasteiger partial charge in [0.05, 0.1) is 5.52 Å². The Hall–Kier alpha value is -2.48. The second kappa shape index (κ2) is 5.49. The molecular formula is C19H17NO. The number of pyridine rings is 1. The molecule has 1 aromatic heterocycles. The smallest absolute Gasteiger partial charge is 0.170 e. The summed E-state index contributed by atoms with van der Waals surface area (Å²) in [5.41, 5.74) is 3.70. The molecule has 0 aliphatic heterocycles. The summed E-state index contributed by atoms with van der Waals surface area (Å²) >= 11 is 0. The Morgan fingerprint density at radius 2 is 1.76 bits per heavy atom. The lowest BCUT2D eigenvalue weighted by molar-refractivity contribution is 0.0966. The van der Waals surface area contributed by atoms with Crippen LogP contribution in [0.25, 0.3) is 10.9 Å². The van der Waals surface area contributed by atoms with E-state index in [1.807, 2.05) is 74.5 Å². The summed E-state index contributed by atoms with van der Waals surface area (Å²) in [6, 6.07) is 19.6. The Labute approximate surface area is 124 Å². The third-order valence-corrected chi connectivity index (χ3v) is 3.81. The zero-order valence-corrected chi connectivity index (χ0v) is 12.2. The van der Waals surface area contributed by atoms with Crippen molar-refractivity contribution in [2.24, 2.45) is 0 Å². The van der Waals surface area contributed by atoms with Crippen LogP contribution in [-0.2, 0) is 0 Å². The van der Waals surface area contributed by atoms with E-state index in [4.69, 9.17) is 0 Å². The van der Waals surface area contributed by atoms with Crippen molar-refractivity contribution >= 4 is 16.7 Å². The van der Waals surface area contributed by atoms with Gasteiger partial charge in [0.15, 0.2) is 5.78 Å². The molecule has 104 valence electrons. The third kappa shape index (κ3) is 2.70. The zero-order chi connectivity index (χ0) is 14.8. The highest BCUT2D eigenvalue weighted by Crippen LogP contribution is 2.22. The molecule has 0 spiro atoms. The number of aryl methyl sites for hydroxylation is 1. The second-order valence-corrected chi connectivity index (χ2v) is 5.36. The summed E-state index contributed by atoms with van der Waals surface area (Å²) < 4.78 is 0. The zero-order valence-electron chi connectivity index (χ0n) is 12.2. The maximum absolute atomic E-state index is 12.6. The van der Waals surface area contributed by atoms with Gasteiger partial charge in [-0.15, -0.1) is 0 Å². The van der Waals surface area contributed by atoms with Gasteiger partial charge < -0.3 is 0 Å². The van der Waals surface area contributed by atoms with Crippen molar-refractivity contribution in [3.8, 4) is 0 Å². The maximum atomic E-state index is 12.6. The minimum Gasteiger partial charge on any atom is -0.294 e. The number of hydrogen-bond acceptors (Lipinski definition) is 2. The van der Waals surface area contributed by atoms with Crippen molar-refractivity contribution in [2.45, 2.75) is 19.8 Å². The monoisotopic (exact) mass is 275 g/mol. The molecule has 0 amide bonds. The van der Waals surface area contributed by atoms with Crippen LogP contribution in [0.3, 0.4) is 0 Å². The molecule has 0 aliphatic carbocycles. The molecule has 0 saturated carbocycles. The van der Waals surface area contributed by atoms with Crippen molar-refractivity contribution in [1.82, 2.24) is 4.98 Å². The number of benzene rings is 2. The fraction of sp³-hybridized carbons (Fsp3) is 0.158. The highest BCUT2D eigenvalue weighted by Gasteiger charge is 2.17. The lowest BCUT2D eigenvalue weighted by atomic mass is 9.92. The van der Waals surface area contributed by atoms with Gasteiger partial charge >= 0.3 is 0 Å². The van der Waals surface area contributed by atoms with E-state index in [-0.39, 0.29) is 11.7 Å². The lowest BCUT2D eigenvalue weighted by Crippen LogP contribution is -2.09. The van der Waals surface area contributed by atoms with Crippen LogP contribution in [0.1, 0.15) is 34.5 Å². The second-order valence-electron chi connectivity index (χ2n) is 5.36. The first kappa shape index (κ1) is 13.5. The van der Waals surface area contributed by atoms with Crippen LogP contribution in [-0.4, -0.2) is 10.8 Å². The Morgan fingerprint density at radius 3 is 2.52 bits per heavy atom. The van der Waals surface area contributed by atoms with Gasteiger partial charge in [-0.1, -0.05) is 43.3 Å². The molecule has 0 N–H and O–H groups in total. The Bertz CT molecular complexity index is 793. The van der Waals surface area contributed by atoms with Crippen LogP contribution in [0.4, 0.5) is 0 Å². The number of fused-ring (bicyclic) bond motifs is 1. The number of nitrogens with zero attached hydrogens (tertiary/aromatic N) is 1. The molecule has 2 nitrogen and oxygen atoms in total. The summed E-state index contributed by atoms with van der Waals surface area (Å²) in [6.45, 7) is 3.92. The fourth-order valence-electron chi connectivity index (χ4n) is 2.52. The highest BCUT2D eigenvalue weighted by molar-refractivity contribution is 6.03. The molecule has 1 unspecified atom stereocenters. The Balaban J connectivity index is 1.96. The molecule has 2 heteroatoms. The number of hydrogen-bond donors (Lipinski definition) is 0. The minimum absolute atomic E-state index is 0.137. The topological polar surface area (TPSA) is 30.0 Å². The highest BCUT2D eigenvalue weighted by atomic mass is 16.1. The average Bonchev–Trinajstić information content (AvgIpc) is 2.53. The van der Waals surface area contributed by atoms with Gasteiger partial charge in [0, 0.05) is 22.6 Å². The molecule has 0 saturated heterocycles. The van der Waals surface area contributed by atoms with Crippen LogP contribution < -0.4 is 0 Å². The largest absolute Gasteiger partial charge is 0.294 e. The molecule has 0 bridgehead atoms. The number of rotatable bonds is 3. The predicted octanol–water partition coefficient (Wildman–Crippen LogP) is 4.53. The van der Waals surface area contributed by atoms with E-state index in [2.05, 4.69) is 4.98 Å². The van der Waals surface area contributed by atoms with E-state index in [1.54, 1.807) is 0 Å². The molecule has 0 fully saturated rings. The van der Waals surface area contributed by atoms with Gasteiger partial charge in [-0.05, 0) is 36.8 Å². The van der Waals surface area contributed by atoms with E-state index in [0.29, 0.717) is 0 Å². The fourth-order valence-corrected chi connectivity index (χ4v) is 2.52. The molecule has 1 heterocycles. The van der Waals surface area contributed by atoms with Crippen molar-refractivity contribution in [3.63, 3.8) is 0 Å². The predicted molar refractivity (Wildman–Crippen MR) is 85.7 cm³/mol. The van der Waals surface area contributed by atoms with E-state index in [1.165, 1.54) is 0 Å². The van der Waals surface area contributed by atoms with Crippen LogP contribution in [0.15, 0.2) is 60.7 Å². The summed E-state index contributed by atoms with van der Waals surface area (Å²) in [7, 11) is 0. The van der Waals surface area contributed by atoms with E-state index in [0.717, 1.165) is 27.7 Å². The molecule has 2 aromatic carbocycles. The van der Waals surface area contributed by atoms with Gasteiger partial charge in [-0.3, -0.25) is 9.78 Å². The molecular weight excluding hydrogens is 258 g/mol. The van der Waals surface area contributed by atoms with Crippen LogP contribution in [0.5, 0.6) is 0 Å². The first-order chi connectivity index (χ1) is 10.1. The van der Waals surface area contributed by atoms with Crippen molar-refractivity contribution < 1.29 is 4.79 Å². The molecule has 0 radical (unpaired) electrons. The van der Waals surface area contributed by atoms with Gasteiger partial charge in [-0.2, -0.15) is 0 Å². The van der Waals surface area contributed by atoms with E-state index in [9.17, 15) is 4.79 Å². The molecule has 1 atom stereocenters. The van der Waals surface area contributed by atoms with Crippen LogP contribution in [0.2, 0.25) is 0 Å². The third-order valence-electron chi connectivity index (χ3n) is 3.81.